The quantitative estimate of drug-likeness (QED) is 0.698. The number of ether oxygens (including phenoxy) is 1. The first-order chi connectivity index (χ1) is 8.63. The Bertz CT molecular complexity index is 348. The number of hydrogen-bond acceptors (Lipinski definition) is 3. The molecule has 1 rings (SSSR count). The largest absolute Gasteiger partial charge is 0.494 e. The number of aliphatic hydroxyl groups excluding tert-OH is 1. The lowest BCUT2D eigenvalue weighted by Gasteiger charge is -2.25. The van der Waals surface area contributed by atoms with Crippen molar-refractivity contribution < 1.29 is 9.84 Å². The summed E-state index contributed by atoms with van der Waals surface area (Å²) in [5, 5.41) is 9.20. The number of aryl methyl sites for hydroxylation is 1. The van der Waals surface area contributed by atoms with Crippen LogP contribution in [0, 0.1) is 0 Å². The third-order valence-electron chi connectivity index (χ3n) is 3.41. The van der Waals surface area contributed by atoms with Crippen LogP contribution in [-0.2, 0) is 6.42 Å². The van der Waals surface area contributed by atoms with Gasteiger partial charge in [0.2, 0.25) is 0 Å². The van der Waals surface area contributed by atoms with Crippen molar-refractivity contribution in [2.24, 2.45) is 5.73 Å². The Morgan fingerprint density at radius 3 is 2.72 bits per heavy atom. The van der Waals surface area contributed by atoms with Gasteiger partial charge in [0, 0.05) is 5.54 Å². The lowest BCUT2D eigenvalue weighted by Crippen LogP contribution is -2.43. The van der Waals surface area contributed by atoms with E-state index in [0.29, 0.717) is 6.61 Å². The summed E-state index contributed by atoms with van der Waals surface area (Å²) < 4.78 is 5.70. The summed E-state index contributed by atoms with van der Waals surface area (Å²) in [5.74, 6) is 0.914. The van der Waals surface area contributed by atoms with Gasteiger partial charge in [-0.3, -0.25) is 0 Å². The molecule has 18 heavy (non-hydrogen) atoms. The van der Waals surface area contributed by atoms with Crippen LogP contribution in [0.2, 0.25) is 0 Å². The lowest BCUT2D eigenvalue weighted by molar-refractivity contribution is 0.171. The molecule has 0 aliphatic rings. The minimum Gasteiger partial charge on any atom is -0.494 e. The van der Waals surface area contributed by atoms with Crippen molar-refractivity contribution in [3.8, 4) is 5.75 Å². The predicted octanol–water partition coefficient (Wildman–Crippen LogP) is 2.51. The van der Waals surface area contributed by atoms with Crippen molar-refractivity contribution >= 4 is 0 Å². The van der Waals surface area contributed by atoms with Crippen LogP contribution >= 0.6 is 0 Å². The van der Waals surface area contributed by atoms with E-state index in [1.807, 2.05) is 19.1 Å². The Balaban J connectivity index is 2.33. The van der Waals surface area contributed by atoms with E-state index in [2.05, 4.69) is 19.1 Å². The van der Waals surface area contributed by atoms with Gasteiger partial charge in [-0.05, 0) is 43.4 Å². The van der Waals surface area contributed by atoms with E-state index >= 15 is 0 Å². The van der Waals surface area contributed by atoms with E-state index in [1.165, 1.54) is 5.56 Å². The maximum absolute atomic E-state index is 9.20. The Kier molecular flexibility index (Phi) is 6.16. The summed E-state index contributed by atoms with van der Waals surface area (Å²) in [6.45, 7) is 4.81. The summed E-state index contributed by atoms with van der Waals surface area (Å²) in [5.41, 5.74) is 6.85. The van der Waals surface area contributed by atoms with Gasteiger partial charge >= 0.3 is 0 Å². The van der Waals surface area contributed by atoms with Gasteiger partial charge < -0.3 is 15.6 Å². The van der Waals surface area contributed by atoms with Gasteiger partial charge in [0.25, 0.3) is 0 Å². The summed E-state index contributed by atoms with van der Waals surface area (Å²) in [6, 6.07) is 8.16. The molecule has 0 aliphatic heterocycles. The molecule has 0 aliphatic carbocycles. The zero-order valence-electron chi connectivity index (χ0n) is 11.5. The first-order valence-corrected chi connectivity index (χ1v) is 6.75. The molecule has 0 saturated carbocycles. The smallest absolute Gasteiger partial charge is 0.119 e. The maximum atomic E-state index is 9.20. The van der Waals surface area contributed by atoms with Gasteiger partial charge in [-0.2, -0.15) is 0 Å². The highest BCUT2D eigenvalue weighted by Gasteiger charge is 2.20. The number of benzene rings is 1. The lowest BCUT2D eigenvalue weighted by atomic mass is 9.93. The van der Waals surface area contributed by atoms with Crippen LogP contribution < -0.4 is 10.5 Å². The Hall–Kier alpha value is -1.06. The molecule has 0 aromatic heterocycles. The molecule has 0 saturated heterocycles. The van der Waals surface area contributed by atoms with Gasteiger partial charge in [0.1, 0.15) is 5.75 Å². The van der Waals surface area contributed by atoms with Gasteiger partial charge in [0.05, 0.1) is 13.2 Å². The van der Waals surface area contributed by atoms with E-state index in [9.17, 15) is 5.11 Å². The number of nitrogens with two attached hydrogens (primary N) is 1. The van der Waals surface area contributed by atoms with E-state index in [-0.39, 0.29) is 6.61 Å². The second-order valence-corrected chi connectivity index (χ2v) is 4.83. The third kappa shape index (κ3) is 4.67. The SMILES string of the molecule is CCc1cccc(OCCCC(N)(CC)CO)c1. The minimum absolute atomic E-state index is 0.0365. The molecule has 0 heterocycles. The first kappa shape index (κ1) is 15.0. The predicted molar refractivity (Wildman–Crippen MR) is 74.8 cm³/mol. The summed E-state index contributed by atoms with van der Waals surface area (Å²) in [4.78, 5) is 0. The molecule has 1 aromatic carbocycles. The minimum atomic E-state index is -0.450. The fourth-order valence-corrected chi connectivity index (χ4v) is 1.84. The van der Waals surface area contributed by atoms with Gasteiger partial charge in [-0.15, -0.1) is 0 Å². The molecular weight excluding hydrogens is 226 g/mol. The van der Waals surface area contributed by atoms with Crippen LogP contribution in [0.25, 0.3) is 0 Å². The average molecular weight is 251 g/mol. The monoisotopic (exact) mass is 251 g/mol. The zero-order valence-corrected chi connectivity index (χ0v) is 11.5. The fourth-order valence-electron chi connectivity index (χ4n) is 1.84. The van der Waals surface area contributed by atoms with Gasteiger partial charge in [-0.1, -0.05) is 26.0 Å². The fraction of sp³-hybridized carbons (Fsp3) is 0.600. The summed E-state index contributed by atoms with van der Waals surface area (Å²) in [6.07, 6.45) is 3.45. The van der Waals surface area contributed by atoms with Crippen LogP contribution in [0.5, 0.6) is 5.75 Å². The summed E-state index contributed by atoms with van der Waals surface area (Å²) >= 11 is 0. The van der Waals surface area contributed by atoms with Gasteiger partial charge in [0.15, 0.2) is 0 Å². The maximum Gasteiger partial charge on any atom is 0.119 e. The second kappa shape index (κ2) is 7.39. The van der Waals surface area contributed by atoms with E-state index in [0.717, 1.165) is 31.4 Å². The average Bonchev–Trinajstić information content (AvgIpc) is 2.43. The molecule has 102 valence electrons. The van der Waals surface area contributed by atoms with Crippen molar-refractivity contribution in [3.05, 3.63) is 29.8 Å². The van der Waals surface area contributed by atoms with Crippen LogP contribution in [0.1, 0.15) is 38.7 Å². The molecule has 0 radical (unpaired) electrons. The molecule has 0 bridgehead atoms. The Labute approximate surface area is 110 Å². The Morgan fingerprint density at radius 2 is 2.11 bits per heavy atom. The molecule has 0 spiro atoms. The van der Waals surface area contributed by atoms with Crippen molar-refractivity contribution in [2.75, 3.05) is 13.2 Å². The van der Waals surface area contributed by atoms with Crippen LogP contribution in [0.4, 0.5) is 0 Å². The van der Waals surface area contributed by atoms with Crippen molar-refractivity contribution in [1.29, 1.82) is 0 Å². The van der Waals surface area contributed by atoms with Crippen molar-refractivity contribution in [3.63, 3.8) is 0 Å². The molecule has 3 nitrogen and oxygen atoms in total. The first-order valence-electron chi connectivity index (χ1n) is 6.75. The van der Waals surface area contributed by atoms with E-state index < -0.39 is 5.54 Å². The third-order valence-corrected chi connectivity index (χ3v) is 3.41. The molecule has 1 aromatic rings. The van der Waals surface area contributed by atoms with Crippen molar-refractivity contribution in [2.45, 2.75) is 45.1 Å². The standard InChI is InChI=1S/C15H25NO2/c1-3-13-7-5-8-14(11-13)18-10-6-9-15(16,4-2)12-17/h5,7-8,11,17H,3-4,6,9-10,12,16H2,1-2H3. The molecular formula is C15H25NO2. The van der Waals surface area contributed by atoms with Crippen molar-refractivity contribution in [1.82, 2.24) is 0 Å². The van der Waals surface area contributed by atoms with Gasteiger partial charge in [-0.25, -0.2) is 0 Å². The normalized spacial score (nSPS) is 14.2. The molecule has 1 unspecified atom stereocenters. The number of rotatable bonds is 8. The van der Waals surface area contributed by atoms with Crippen LogP contribution in [0.15, 0.2) is 24.3 Å². The highest BCUT2D eigenvalue weighted by atomic mass is 16.5. The summed E-state index contributed by atoms with van der Waals surface area (Å²) in [7, 11) is 0. The molecule has 3 N–H and O–H groups in total. The zero-order chi connectivity index (χ0) is 13.4. The number of aliphatic hydroxyl groups is 1. The second-order valence-electron chi connectivity index (χ2n) is 4.83. The van der Waals surface area contributed by atoms with E-state index in [1.54, 1.807) is 0 Å². The van der Waals surface area contributed by atoms with Crippen LogP contribution in [-0.4, -0.2) is 23.9 Å². The van der Waals surface area contributed by atoms with Crippen LogP contribution in [0.3, 0.4) is 0 Å². The molecule has 1 atom stereocenters. The highest BCUT2D eigenvalue weighted by molar-refractivity contribution is 5.28. The highest BCUT2D eigenvalue weighted by Crippen LogP contribution is 2.16. The topological polar surface area (TPSA) is 55.5 Å². The molecule has 0 fully saturated rings. The Morgan fingerprint density at radius 1 is 1.33 bits per heavy atom. The number of hydrogen-bond donors (Lipinski definition) is 2. The van der Waals surface area contributed by atoms with E-state index in [4.69, 9.17) is 10.5 Å². The molecule has 3 heteroatoms. The molecule has 0 amide bonds.